The van der Waals surface area contributed by atoms with Crippen molar-refractivity contribution in [1.82, 2.24) is 0 Å². The predicted molar refractivity (Wildman–Crippen MR) is 76.7 cm³/mol. The third kappa shape index (κ3) is 5.52. The van der Waals surface area contributed by atoms with Gasteiger partial charge in [0.1, 0.15) is 0 Å². The van der Waals surface area contributed by atoms with Crippen molar-refractivity contribution in [2.75, 3.05) is 0 Å². The first-order chi connectivity index (χ1) is 8.84. The third-order valence-corrected chi connectivity index (χ3v) is 3.81. The van der Waals surface area contributed by atoms with Gasteiger partial charge in [-0.15, -0.1) is 0 Å². The summed E-state index contributed by atoms with van der Waals surface area (Å²) in [5, 5.41) is 0. The molecule has 0 aromatic rings. The van der Waals surface area contributed by atoms with Crippen LogP contribution >= 0.6 is 0 Å². The van der Waals surface area contributed by atoms with Crippen molar-refractivity contribution in [1.29, 1.82) is 0 Å². The Morgan fingerprint density at radius 1 is 1.21 bits per heavy atom. The number of rotatable bonds is 5. The topological polar surface area (TPSA) is 35.5 Å². The molecule has 0 saturated heterocycles. The highest BCUT2D eigenvalue weighted by Gasteiger charge is 2.33. The van der Waals surface area contributed by atoms with Gasteiger partial charge in [-0.3, -0.25) is 4.79 Å². The van der Waals surface area contributed by atoms with Gasteiger partial charge >= 0.3 is 5.97 Å². The molecule has 0 amide bonds. The van der Waals surface area contributed by atoms with Gasteiger partial charge in [-0.05, 0) is 19.3 Å². The van der Waals surface area contributed by atoms with Crippen LogP contribution in [0.5, 0.6) is 0 Å². The molecular weight excluding hydrogens is 240 g/mol. The first-order valence-corrected chi connectivity index (χ1v) is 7.70. The molecule has 1 fully saturated rings. The molecule has 1 saturated carbocycles. The fraction of sp³-hybridized carbons (Fsp3) is 0.938. The highest BCUT2D eigenvalue weighted by Crippen LogP contribution is 2.29. The van der Waals surface area contributed by atoms with Gasteiger partial charge in [0.2, 0.25) is 6.29 Å². The third-order valence-electron chi connectivity index (χ3n) is 3.81. The van der Waals surface area contributed by atoms with E-state index in [-0.39, 0.29) is 23.4 Å². The summed E-state index contributed by atoms with van der Waals surface area (Å²) in [6.45, 7) is 10.1. The molecule has 2 atom stereocenters. The minimum Gasteiger partial charge on any atom is -0.435 e. The molecule has 0 spiro atoms. The zero-order chi connectivity index (χ0) is 14.5. The molecule has 1 rings (SSSR count). The summed E-state index contributed by atoms with van der Waals surface area (Å²) in [4.78, 5) is 12.0. The lowest BCUT2D eigenvalue weighted by molar-refractivity contribution is -0.224. The van der Waals surface area contributed by atoms with E-state index >= 15 is 0 Å². The molecule has 0 aromatic heterocycles. The number of hydrogen-bond acceptors (Lipinski definition) is 3. The van der Waals surface area contributed by atoms with Gasteiger partial charge < -0.3 is 9.47 Å². The summed E-state index contributed by atoms with van der Waals surface area (Å²) >= 11 is 0. The second-order valence-corrected chi connectivity index (χ2v) is 6.84. The number of carbonyl (C=O) groups is 1. The average Bonchev–Trinajstić information content (AvgIpc) is 2.37. The lowest BCUT2D eigenvalue weighted by Gasteiger charge is -2.35. The molecule has 112 valence electrons. The molecule has 0 bridgehead atoms. The number of carbonyl (C=O) groups excluding carboxylic acids is 1. The van der Waals surface area contributed by atoms with Crippen LogP contribution < -0.4 is 0 Å². The summed E-state index contributed by atoms with van der Waals surface area (Å²) in [5.74, 6) is -0.196. The molecule has 0 heterocycles. The molecule has 0 aliphatic heterocycles. The summed E-state index contributed by atoms with van der Waals surface area (Å²) in [6, 6.07) is 0. The number of hydrogen-bond donors (Lipinski definition) is 0. The lowest BCUT2D eigenvalue weighted by Crippen LogP contribution is -2.39. The van der Waals surface area contributed by atoms with Crippen LogP contribution in [0.4, 0.5) is 0 Å². The van der Waals surface area contributed by atoms with Crippen molar-refractivity contribution < 1.29 is 14.3 Å². The quantitative estimate of drug-likeness (QED) is 0.552. The van der Waals surface area contributed by atoms with Crippen LogP contribution in [-0.4, -0.2) is 18.4 Å². The van der Waals surface area contributed by atoms with Crippen LogP contribution in [0, 0.1) is 11.3 Å². The van der Waals surface area contributed by atoms with Crippen LogP contribution in [0.1, 0.15) is 73.1 Å². The van der Waals surface area contributed by atoms with Gasteiger partial charge in [-0.25, -0.2) is 0 Å². The zero-order valence-corrected chi connectivity index (χ0v) is 13.2. The van der Waals surface area contributed by atoms with Gasteiger partial charge in [0.15, 0.2) is 0 Å². The smallest absolute Gasteiger partial charge is 0.310 e. The second kappa shape index (κ2) is 7.28. The fourth-order valence-electron chi connectivity index (χ4n) is 2.17. The Morgan fingerprint density at radius 3 is 2.26 bits per heavy atom. The minimum atomic E-state index is -0.433. The Labute approximate surface area is 118 Å². The maximum atomic E-state index is 12.0. The van der Waals surface area contributed by atoms with Gasteiger partial charge in [0.25, 0.3) is 0 Å². The molecule has 0 radical (unpaired) electrons. The molecule has 3 heteroatoms. The molecular formula is C16H30O3. The van der Waals surface area contributed by atoms with E-state index in [1.54, 1.807) is 0 Å². The summed E-state index contributed by atoms with van der Waals surface area (Å²) < 4.78 is 11.7. The van der Waals surface area contributed by atoms with Crippen LogP contribution in [0.2, 0.25) is 0 Å². The standard InChI is InChI=1S/C16H30O3/c1-6-12(2)14(17)19-15(16(3,4)5)18-13-10-8-7-9-11-13/h12-13,15H,6-11H2,1-5H3. The molecule has 0 aromatic carbocycles. The molecule has 1 aliphatic rings. The Bertz CT molecular complexity index is 274. The summed E-state index contributed by atoms with van der Waals surface area (Å²) in [5.41, 5.74) is -0.180. The number of esters is 1. The maximum Gasteiger partial charge on any atom is 0.310 e. The Hall–Kier alpha value is -0.570. The van der Waals surface area contributed by atoms with Crippen LogP contribution in [0.3, 0.4) is 0 Å². The first-order valence-electron chi connectivity index (χ1n) is 7.70. The van der Waals surface area contributed by atoms with E-state index in [2.05, 4.69) is 20.8 Å². The van der Waals surface area contributed by atoms with E-state index in [1.165, 1.54) is 19.3 Å². The van der Waals surface area contributed by atoms with Gasteiger partial charge in [0, 0.05) is 5.41 Å². The normalized spacial score (nSPS) is 20.9. The summed E-state index contributed by atoms with van der Waals surface area (Å²) in [7, 11) is 0. The molecule has 3 nitrogen and oxygen atoms in total. The van der Waals surface area contributed by atoms with E-state index < -0.39 is 6.29 Å². The lowest BCUT2D eigenvalue weighted by atomic mass is 9.94. The van der Waals surface area contributed by atoms with E-state index in [0.29, 0.717) is 0 Å². The van der Waals surface area contributed by atoms with Crippen LogP contribution in [0.25, 0.3) is 0 Å². The van der Waals surface area contributed by atoms with Crippen molar-refractivity contribution in [3.63, 3.8) is 0 Å². The highest BCUT2D eigenvalue weighted by molar-refractivity contribution is 5.72. The fourth-order valence-corrected chi connectivity index (χ4v) is 2.17. The van der Waals surface area contributed by atoms with E-state index in [9.17, 15) is 4.79 Å². The van der Waals surface area contributed by atoms with Crippen molar-refractivity contribution in [2.45, 2.75) is 85.5 Å². The maximum absolute atomic E-state index is 12.0. The first kappa shape index (κ1) is 16.5. The molecule has 1 aliphatic carbocycles. The van der Waals surface area contributed by atoms with Crippen molar-refractivity contribution in [2.24, 2.45) is 11.3 Å². The van der Waals surface area contributed by atoms with Crippen molar-refractivity contribution in [3.8, 4) is 0 Å². The van der Waals surface area contributed by atoms with Crippen LogP contribution in [-0.2, 0) is 14.3 Å². The molecule has 19 heavy (non-hydrogen) atoms. The average molecular weight is 270 g/mol. The predicted octanol–water partition coefficient (Wildman–Crippen LogP) is 4.30. The monoisotopic (exact) mass is 270 g/mol. The Balaban J connectivity index is 2.59. The SMILES string of the molecule is CCC(C)C(=O)OC(OC1CCCCC1)C(C)(C)C. The van der Waals surface area contributed by atoms with Gasteiger partial charge in [-0.2, -0.15) is 0 Å². The Morgan fingerprint density at radius 2 is 1.79 bits per heavy atom. The Kier molecular flexibility index (Phi) is 6.31. The zero-order valence-electron chi connectivity index (χ0n) is 13.2. The van der Waals surface area contributed by atoms with Crippen LogP contribution in [0.15, 0.2) is 0 Å². The molecule has 0 N–H and O–H groups in total. The molecule has 2 unspecified atom stereocenters. The van der Waals surface area contributed by atoms with E-state index in [1.807, 2.05) is 13.8 Å². The van der Waals surface area contributed by atoms with E-state index in [4.69, 9.17) is 9.47 Å². The van der Waals surface area contributed by atoms with Gasteiger partial charge in [-0.1, -0.05) is 53.9 Å². The second-order valence-electron chi connectivity index (χ2n) is 6.84. The minimum absolute atomic E-state index is 0.0557. The summed E-state index contributed by atoms with van der Waals surface area (Å²) in [6.07, 6.45) is 6.55. The highest BCUT2D eigenvalue weighted by atomic mass is 16.7. The largest absolute Gasteiger partial charge is 0.435 e. The van der Waals surface area contributed by atoms with Crippen molar-refractivity contribution >= 4 is 5.97 Å². The van der Waals surface area contributed by atoms with Crippen molar-refractivity contribution in [3.05, 3.63) is 0 Å². The van der Waals surface area contributed by atoms with Gasteiger partial charge in [0.05, 0.1) is 12.0 Å². The van der Waals surface area contributed by atoms with E-state index in [0.717, 1.165) is 19.3 Å². The number of ether oxygens (including phenoxy) is 2.